The summed E-state index contributed by atoms with van der Waals surface area (Å²) in [5.74, 6) is 1.23. The topological polar surface area (TPSA) is 74.3 Å². The summed E-state index contributed by atoms with van der Waals surface area (Å²) in [6.45, 7) is 0. The molecule has 4 heterocycles. The minimum absolute atomic E-state index is 0.587. The SMILES string of the molecule is c1cnc(-n2c3ccccc3c3ccc4c(c5ccccc5n4-c4ncncn4)c32)nc1. The average Bonchev–Trinajstić information content (AvgIpc) is 3.38. The van der Waals surface area contributed by atoms with Crippen LogP contribution >= 0.6 is 0 Å². The zero-order valence-electron chi connectivity index (χ0n) is 16.8. The van der Waals surface area contributed by atoms with Crippen molar-refractivity contribution >= 4 is 43.6 Å². The zero-order chi connectivity index (χ0) is 21.1. The minimum Gasteiger partial charge on any atom is -0.278 e. The fourth-order valence-electron chi connectivity index (χ4n) is 4.69. The molecule has 0 atom stereocenters. The third kappa shape index (κ3) is 2.22. The molecule has 0 amide bonds. The lowest BCUT2D eigenvalue weighted by Gasteiger charge is -2.07. The highest BCUT2D eigenvalue weighted by atomic mass is 15.2. The van der Waals surface area contributed by atoms with E-state index in [4.69, 9.17) is 0 Å². The van der Waals surface area contributed by atoms with Gasteiger partial charge in [0.1, 0.15) is 12.7 Å². The summed E-state index contributed by atoms with van der Waals surface area (Å²) in [7, 11) is 0. The fourth-order valence-corrected chi connectivity index (χ4v) is 4.69. The van der Waals surface area contributed by atoms with Crippen molar-refractivity contribution in [3.63, 3.8) is 0 Å². The monoisotopic (exact) mass is 413 g/mol. The normalized spacial score (nSPS) is 11.8. The van der Waals surface area contributed by atoms with Crippen LogP contribution in [0.1, 0.15) is 0 Å². The fraction of sp³-hybridized carbons (Fsp3) is 0. The van der Waals surface area contributed by atoms with Crippen LogP contribution in [-0.4, -0.2) is 34.1 Å². The molecule has 0 bridgehead atoms. The molecule has 150 valence electrons. The molecule has 0 aliphatic rings. The summed E-state index contributed by atoms with van der Waals surface area (Å²) in [6.07, 6.45) is 6.60. The first-order valence-electron chi connectivity index (χ1n) is 10.3. The van der Waals surface area contributed by atoms with E-state index in [0.29, 0.717) is 11.9 Å². The standard InChI is InChI=1S/C25H15N7/c1-3-8-19-16(6-1)17-10-11-21-22(23(17)32(19)24-27-12-5-13-28-24)18-7-2-4-9-20(18)31(21)25-29-14-26-15-30-25/h1-15H. The van der Waals surface area contributed by atoms with Crippen molar-refractivity contribution in [2.75, 3.05) is 0 Å². The first-order chi connectivity index (χ1) is 15.9. The van der Waals surface area contributed by atoms with Gasteiger partial charge in [0.2, 0.25) is 11.9 Å². The average molecular weight is 413 g/mol. The van der Waals surface area contributed by atoms with E-state index in [-0.39, 0.29) is 0 Å². The van der Waals surface area contributed by atoms with Gasteiger partial charge in [0, 0.05) is 33.9 Å². The summed E-state index contributed by atoms with van der Waals surface area (Å²) < 4.78 is 4.23. The molecular weight excluding hydrogens is 398 g/mol. The molecule has 0 saturated carbocycles. The predicted octanol–water partition coefficient (Wildman–Crippen LogP) is 4.86. The van der Waals surface area contributed by atoms with Crippen LogP contribution in [0.25, 0.3) is 55.5 Å². The molecule has 4 aromatic heterocycles. The number of rotatable bonds is 2. The molecule has 7 nitrogen and oxygen atoms in total. The smallest absolute Gasteiger partial charge is 0.237 e. The highest BCUT2D eigenvalue weighted by Gasteiger charge is 2.21. The van der Waals surface area contributed by atoms with Gasteiger partial charge < -0.3 is 0 Å². The maximum atomic E-state index is 4.59. The Bertz CT molecular complexity index is 1770. The lowest BCUT2D eigenvalue weighted by atomic mass is 10.1. The Balaban J connectivity index is 1.77. The van der Waals surface area contributed by atoms with Gasteiger partial charge in [-0.15, -0.1) is 0 Å². The Kier molecular flexibility index (Phi) is 3.43. The van der Waals surface area contributed by atoms with Crippen molar-refractivity contribution in [3.8, 4) is 11.9 Å². The van der Waals surface area contributed by atoms with Crippen molar-refractivity contribution in [2.45, 2.75) is 0 Å². The second-order valence-electron chi connectivity index (χ2n) is 7.55. The molecule has 0 fully saturated rings. The van der Waals surface area contributed by atoms with Gasteiger partial charge >= 0.3 is 0 Å². The molecule has 7 aromatic rings. The largest absolute Gasteiger partial charge is 0.278 e. The molecule has 0 radical (unpaired) electrons. The van der Waals surface area contributed by atoms with Crippen LogP contribution in [0.3, 0.4) is 0 Å². The third-order valence-corrected chi connectivity index (χ3v) is 5.90. The summed E-state index contributed by atoms with van der Waals surface area (Å²) in [4.78, 5) is 22.0. The van der Waals surface area contributed by atoms with E-state index in [1.807, 2.05) is 18.2 Å². The molecule has 0 aliphatic heterocycles. The van der Waals surface area contributed by atoms with Gasteiger partial charge in [-0.3, -0.25) is 9.13 Å². The molecule has 0 spiro atoms. The van der Waals surface area contributed by atoms with Gasteiger partial charge in [-0.25, -0.2) is 24.9 Å². The number of benzene rings is 3. The first-order valence-corrected chi connectivity index (χ1v) is 10.3. The number of nitrogens with zero attached hydrogens (tertiary/aromatic N) is 7. The number of aromatic nitrogens is 7. The molecule has 7 heteroatoms. The predicted molar refractivity (Wildman–Crippen MR) is 124 cm³/mol. The van der Waals surface area contributed by atoms with Crippen LogP contribution in [0.15, 0.2) is 91.8 Å². The maximum Gasteiger partial charge on any atom is 0.237 e. The molecule has 32 heavy (non-hydrogen) atoms. The molecule has 0 aliphatic carbocycles. The van der Waals surface area contributed by atoms with Crippen LogP contribution in [0.2, 0.25) is 0 Å². The Morgan fingerprint density at radius 3 is 1.94 bits per heavy atom. The van der Waals surface area contributed by atoms with Gasteiger partial charge in [0.15, 0.2) is 0 Å². The second kappa shape index (κ2) is 6.42. The Hall–Kier alpha value is -4.65. The number of fused-ring (bicyclic) bond motifs is 7. The summed E-state index contributed by atoms with van der Waals surface area (Å²) in [5.41, 5.74) is 4.19. The summed E-state index contributed by atoms with van der Waals surface area (Å²) in [5, 5.41) is 4.55. The number of hydrogen-bond acceptors (Lipinski definition) is 5. The van der Waals surface area contributed by atoms with Crippen molar-refractivity contribution < 1.29 is 0 Å². The lowest BCUT2D eigenvalue weighted by molar-refractivity contribution is 0.939. The first kappa shape index (κ1) is 17.1. The lowest BCUT2D eigenvalue weighted by Crippen LogP contribution is -2.01. The molecule has 0 unspecified atom stereocenters. The van der Waals surface area contributed by atoms with E-state index >= 15 is 0 Å². The van der Waals surface area contributed by atoms with Gasteiger partial charge in [-0.05, 0) is 24.3 Å². The van der Waals surface area contributed by atoms with Crippen molar-refractivity contribution in [1.82, 2.24) is 34.1 Å². The summed E-state index contributed by atoms with van der Waals surface area (Å²) >= 11 is 0. The minimum atomic E-state index is 0.587. The summed E-state index contributed by atoms with van der Waals surface area (Å²) in [6, 6.07) is 22.8. The maximum absolute atomic E-state index is 4.59. The van der Waals surface area contributed by atoms with Crippen molar-refractivity contribution in [3.05, 3.63) is 91.8 Å². The Labute approximate surface area is 181 Å². The highest BCUT2D eigenvalue weighted by Crippen LogP contribution is 2.40. The molecule has 0 saturated heterocycles. The Morgan fingerprint density at radius 2 is 1.16 bits per heavy atom. The van der Waals surface area contributed by atoms with Gasteiger partial charge in [-0.2, -0.15) is 0 Å². The molecule has 0 N–H and O–H groups in total. The van der Waals surface area contributed by atoms with E-state index in [1.54, 1.807) is 12.4 Å². The molecular formula is C25H15N7. The molecule has 7 rings (SSSR count). The van der Waals surface area contributed by atoms with Gasteiger partial charge in [-0.1, -0.05) is 42.5 Å². The van der Waals surface area contributed by atoms with Crippen molar-refractivity contribution in [2.24, 2.45) is 0 Å². The number of hydrogen-bond donors (Lipinski definition) is 0. The van der Waals surface area contributed by atoms with Crippen LogP contribution in [0.5, 0.6) is 0 Å². The highest BCUT2D eigenvalue weighted by molar-refractivity contribution is 6.25. The van der Waals surface area contributed by atoms with E-state index in [9.17, 15) is 0 Å². The second-order valence-corrected chi connectivity index (χ2v) is 7.55. The van der Waals surface area contributed by atoms with Crippen molar-refractivity contribution in [1.29, 1.82) is 0 Å². The van der Waals surface area contributed by atoms with E-state index in [1.165, 1.54) is 12.7 Å². The van der Waals surface area contributed by atoms with Crippen LogP contribution in [-0.2, 0) is 0 Å². The van der Waals surface area contributed by atoms with Crippen LogP contribution in [0, 0.1) is 0 Å². The third-order valence-electron chi connectivity index (χ3n) is 5.90. The van der Waals surface area contributed by atoms with Crippen LogP contribution < -0.4 is 0 Å². The zero-order valence-corrected chi connectivity index (χ0v) is 16.8. The van der Waals surface area contributed by atoms with E-state index < -0.39 is 0 Å². The Morgan fingerprint density at radius 1 is 0.500 bits per heavy atom. The number of para-hydroxylation sites is 2. The quantitative estimate of drug-likeness (QED) is 0.405. The van der Waals surface area contributed by atoms with Crippen LogP contribution in [0.4, 0.5) is 0 Å². The van der Waals surface area contributed by atoms with E-state index in [2.05, 4.69) is 82.6 Å². The van der Waals surface area contributed by atoms with Gasteiger partial charge in [0.05, 0.1) is 22.1 Å². The van der Waals surface area contributed by atoms with Gasteiger partial charge in [0.25, 0.3) is 0 Å². The molecule has 3 aromatic carbocycles. The van der Waals surface area contributed by atoms with E-state index in [0.717, 1.165) is 43.6 Å².